The van der Waals surface area contributed by atoms with Crippen LogP contribution in [0.1, 0.15) is 19.4 Å². The minimum atomic E-state index is 0.107. The van der Waals surface area contributed by atoms with Crippen molar-refractivity contribution < 1.29 is 14.2 Å². The molecule has 7 heteroatoms. The van der Waals surface area contributed by atoms with Crippen molar-refractivity contribution in [2.24, 2.45) is 5.10 Å². The molecule has 0 fully saturated rings. The lowest BCUT2D eigenvalue weighted by Crippen LogP contribution is -2.40. The smallest absolute Gasteiger partial charge is 0.187 e. The first-order chi connectivity index (χ1) is 10.5. The molecule has 2 N–H and O–H groups in total. The van der Waals surface area contributed by atoms with E-state index in [1.165, 1.54) is 0 Å². The van der Waals surface area contributed by atoms with Gasteiger partial charge in [-0.2, -0.15) is 5.10 Å². The topological polar surface area (TPSA) is 64.1 Å². The molecule has 0 unspecified atom stereocenters. The molecule has 122 valence electrons. The summed E-state index contributed by atoms with van der Waals surface area (Å²) in [5.41, 5.74) is 4.43. The highest BCUT2D eigenvalue weighted by atomic mass is 32.1. The molecule has 6 nitrogen and oxygen atoms in total. The lowest BCUT2D eigenvalue weighted by atomic mass is 10.1. The fourth-order valence-corrected chi connectivity index (χ4v) is 2.09. The van der Waals surface area contributed by atoms with Gasteiger partial charge in [-0.25, -0.2) is 0 Å². The molecule has 0 amide bonds. The summed E-state index contributed by atoms with van der Waals surface area (Å²) in [5.74, 6) is 1.42. The van der Waals surface area contributed by atoms with Crippen molar-refractivity contribution >= 4 is 23.0 Å². The highest BCUT2D eigenvalue weighted by Gasteiger charge is 2.08. The molecule has 0 saturated carbocycles. The number of thiocarbonyl (C=S) groups is 1. The molecule has 1 aromatic carbocycles. The largest absolute Gasteiger partial charge is 0.497 e. The van der Waals surface area contributed by atoms with E-state index in [9.17, 15) is 0 Å². The summed E-state index contributed by atoms with van der Waals surface area (Å²) in [5, 5.41) is 7.79. The summed E-state index contributed by atoms with van der Waals surface area (Å²) in [6.07, 6.45) is 0. The standard InChI is InChI=1S/C15H23N3O3S/c1-10(9-19-3)16-15(22)18-17-11(2)13-7-6-12(20-4)8-14(13)21-5/h6-8,10H,9H2,1-5H3,(H2,16,18,22)/b17-11-/t10-/m0/s1. The zero-order valence-electron chi connectivity index (χ0n) is 13.6. The Morgan fingerprint density at radius 3 is 2.59 bits per heavy atom. The van der Waals surface area contributed by atoms with E-state index in [0.717, 1.165) is 17.0 Å². The molecule has 0 aliphatic rings. The Balaban J connectivity index is 2.74. The maximum Gasteiger partial charge on any atom is 0.187 e. The predicted molar refractivity (Wildman–Crippen MR) is 92.0 cm³/mol. The Bertz CT molecular complexity index is 535. The Labute approximate surface area is 136 Å². The van der Waals surface area contributed by atoms with Gasteiger partial charge in [-0.15, -0.1) is 0 Å². The molecule has 1 atom stereocenters. The average molecular weight is 325 g/mol. The van der Waals surface area contributed by atoms with Crippen LogP contribution in [0, 0.1) is 0 Å². The van der Waals surface area contributed by atoms with Crippen LogP contribution in [0.4, 0.5) is 0 Å². The monoisotopic (exact) mass is 325 g/mol. The third-order valence-electron chi connectivity index (χ3n) is 2.92. The maximum atomic E-state index is 5.36. The average Bonchev–Trinajstić information content (AvgIpc) is 2.52. The van der Waals surface area contributed by atoms with E-state index in [1.807, 2.05) is 32.0 Å². The molecule has 0 radical (unpaired) electrons. The number of ether oxygens (including phenoxy) is 3. The van der Waals surface area contributed by atoms with Crippen LogP contribution in [-0.2, 0) is 4.74 Å². The van der Waals surface area contributed by atoms with Crippen LogP contribution in [-0.4, -0.2) is 44.8 Å². The van der Waals surface area contributed by atoms with Crippen LogP contribution in [0.15, 0.2) is 23.3 Å². The number of hydrazone groups is 1. The lowest BCUT2D eigenvalue weighted by molar-refractivity contribution is 0.179. The van der Waals surface area contributed by atoms with E-state index >= 15 is 0 Å². The first-order valence-electron chi connectivity index (χ1n) is 6.84. The number of hydrogen-bond acceptors (Lipinski definition) is 5. The van der Waals surface area contributed by atoms with Crippen LogP contribution < -0.4 is 20.2 Å². The Morgan fingerprint density at radius 1 is 1.27 bits per heavy atom. The number of nitrogens with one attached hydrogen (secondary N) is 2. The molecule has 0 heterocycles. The highest BCUT2D eigenvalue weighted by Crippen LogP contribution is 2.24. The second-order valence-electron chi connectivity index (χ2n) is 4.71. The van der Waals surface area contributed by atoms with Gasteiger partial charge >= 0.3 is 0 Å². The van der Waals surface area contributed by atoms with Crippen LogP contribution in [0.25, 0.3) is 0 Å². The van der Waals surface area contributed by atoms with Crippen molar-refractivity contribution in [2.75, 3.05) is 27.9 Å². The Hall–Kier alpha value is -1.86. The van der Waals surface area contributed by atoms with Crippen LogP contribution in [0.3, 0.4) is 0 Å². The Morgan fingerprint density at radius 2 is 2.00 bits per heavy atom. The van der Waals surface area contributed by atoms with Gasteiger partial charge in [-0.3, -0.25) is 5.43 Å². The second kappa shape index (κ2) is 9.22. The second-order valence-corrected chi connectivity index (χ2v) is 5.11. The van der Waals surface area contributed by atoms with Gasteiger partial charge in [0.2, 0.25) is 0 Å². The van der Waals surface area contributed by atoms with Gasteiger partial charge in [-0.05, 0) is 38.2 Å². The van der Waals surface area contributed by atoms with Crippen LogP contribution >= 0.6 is 12.2 Å². The van der Waals surface area contributed by atoms with E-state index in [1.54, 1.807) is 21.3 Å². The molecule has 22 heavy (non-hydrogen) atoms. The van der Waals surface area contributed by atoms with Gasteiger partial charge in [0.05, 0.1) is 26.5 Å². The fourth-order valence-electron chi connectivity index (χ4n) is 1.84. The molecule has 0 aliphatic carbocycles. The molecule has 1 rings (SSSR count). The molecule has 0 spiro atoms. The van der Waals surface area contributed by atoms with Crippen molar-refractivity contribution in [3.05, 3.63) is 23.8 Å². The van der Waals surface area contributed by atoms with E-state index in [2.05, 4.69) is 15.8 Å². The van der Waals surface area contributed by atoms with E-state index in [0.29, 0.717) is 17.5 Å². The minimum Gasteiger partial charge on any atom is -0.497 e. The summed E-state index contributed by atoms with van der Waals surface area (Å²) in [6.45, 7) is 4.41. The van der Waals surface area contributed by atoms with Crippen LogP contribution in [0.2, 0.25) is 0 Å². The van der Waals surface area contributed by atoms with Crippen molar-refractivity contribution in [3.63, 3.8) is 0 Å². The summed E-state index contributed by atoms with van der Waals surface area (Å²) < 4.78 is 15.6. The maximum absolute atomic E-state index is 5.36. The van der Waals surface area contributed by atoms with Gasteiger partial charge in [0.25, 0.3) is 0 Å². The van der Waals surface area contributed by atoms with Crippen molar-refractivity contribution in [1.29, 1.82) is 0 Å². The van der Waals surface area contributed by atoms with Crippen LogP contribution in [0.5, 0.6) is 11.5 Å². The minimum absolute atomic E-state index is 0.107. The molecule has 1 aromatic rings. The first-order valence-corrected chi connectivity index (χ1v) is 7.24. The van der Waals surface area contributed by atoms with E-state index < -0.39 is 0 Å². The summed E-state index contributed by atoms with van der Waals surface area (Å²) in [7, 11) is 4.87. The van der Waals surface area contributed by atoms with Gasteiger partial charge in [0.15, 0.2) is 5.11 Å². The normalized spacial score (nSPS) is 12.5. The zero-order chi connectivity index (χ0) is 16.5. The van der Waals surface area contributed by atoms with E-state index in [-0.39, 0.29) is 6.04 Å². The summed E-state index contributed by atoms with van der Waals surface area (Å²) in [4.78, 5) is 0. The third kappa shape index (κ3) is 5.50. The van der Waals surface area contributed by atoms with Crippen molar-refractivity contribution in [2.45, 2.75) is 19.9 Å². The lowest BCUT2D eigenvalue weighted by Gasteiger charge is -2.15. The molecular formula is C15H23N3O3S. The van der Waals surface area contributed by atoms with Gasteiger partial charge in [0, 0.05) is 24.8 Å². The highest BCUT2D eigenvalue weighted by molar-refractivity contribution is 7.80. The summed E-state index contributed by atoms with van der Waals surface area (Å²) >= 11 is 5.18. The zero-order valence-corrected chi connectivity index (χ0v) is 14.4. The molecular weight excluding hydrogens is 302 g/mol. The predicted octanol–water partition coefficient (Wildman–Crippen LogP) is 1.93. The molecule has 0 aliphatic heterocycles. The quantitative estimate of drug-likeness (QED) is 0.454. The molecule has 0 bridgehead atoms. The fraction of sp³-hybridized carbons (Fsp3) is 0.467. The summed E-state index contributed by atoms with van der Waals surface area (Å²) in [6, 6.07) is 5.66. The third-order valence-corrected chi connectivity index (χ3v) is 3.13. The number of benzene rings is 1. The number of hydrogen-bond donors (Lipinski definition) is 2. The first kappa shape index (κ1) is 18.2. The number of nitrogens with zero attached hydrogens (tertiary/aromatic N) is 1. The van der Waals surface area contributed by atoms with E-state index in [4.69, 9.17) is 26.4 Å². The Kier molecular flexibility index (Phi) is 7.62. The number of rotatable bonds is 7. The van der Waals surface area contributed by atoms with Crippen molar-refractivity contribution in [1.82, 2.24) is 10.7 Å². The van der Waals surface area contributed by atoms with Crippen molar-refractivity contribution in [3.8, 4) is 11.5 Å². The molecule has 0 aromatic heterocycles. The number of methoxy groups -OCH3 is 3. The van der Waals surface area contributed by atoms with Gasteiger partial charge < -0.3 is 19.5 Å². The molecule has 0 saturated heterocycles. The van der Waals surface area contributed by atoms with Gasteiger partial charge in [0.1, 0.15) is 11.5 Å². The van der Waals surface area contributed by atoms with Gasteiger partial charge in [-0.1, -0.05) is 0 Å². The SMILES string of the molecule is COC[C@H](C)NC(=S)N/N=C(/C)c1ccc(OC)cc1OC.